The van der Waals surface area contributed by atoms with Gasteiger partial charge >= 0.3 is 23.9 Å². The number of carbonyl (C=O) groups excluding carboxylic acids is 4. The van der Waals surface area contributed by atoms with Crippen LogP contribution in [-0.2, 0) is 28.7 Å². The largest absolute Gasteiger partial charge is 0.396 e. The first-order valence-corrected chi connectivity index (χ1v) is 8.19. The Labute approximate surface area is 157 Å². The average molecular weight is 392 g/mol. The SMILES string of the molecule is CC(C)(CO)CO.CCC(O)CO.O=C1C=CC(=O)O1.O=C1CCC(=O)O1. The molecule has 0 aliphatic carbocycles. The maximum atomic E-state index is 10.0. The molecule has 0 amide bonds. The molecule has 2 rings (SSSR count). The van der Waals surface area contributed by atoms with Crippen LogP contribution in [0.5, 0.6) is 0 Å². The maximum Gasteiger partial charge on any atom is 0.338 e. The Morgan fingerprint density at radius 3 is 1.41 bits per heavy atom. The van der Waals surface area contributed by atoms with E-state index in [1.165, 1.54) is 0 Å². The molecular formula is C17H28O10. The lowest BCUT2D eigenvalue weighted by Crippen LogP contribution is -2.20. The minimum Gasteiger partial charge on any atom is -0.396 e. The van der Waals surface area contributed by atoms with Gasteiger partial charge in [0.2, 0.25) is 0 Å². The summed E-state index contributed by atoms with van der Waals surface area (Å²) in [5.41, 5.74) is -0.306. The van der Waals surface area contributed by atoms with Gasteiger partial charge in [-0.2, -0.15) is 0 Å². The molecule has 0 bridgehead atoms. The van der Waals surface area contributed by atoms with Crippen molar-refractivity contribution in [3.8, 4) is 0 Å². The van der Waals surface area contributed by atoms with E-state index in [-0.39, 0.29) is 38.1 Å². The molecule has 2 aliphatic rings. The van der Waals surface area contributed by atoms with E-state index in [0.29, 0.717) is 6.42 Å². The molecule has 2 aliphatic heterocycles. The Kier molecular flexibility index (Phi) is 15.0. The van der Waals surface area contributed by atoms with Crippen molar-refractivity contribution in [3.63, 3.8) is 0 Å². The van der Waals surface area contributed by atoms with E-state index < -0.39 is 30.0 Å². The number of carbonyl (C=O) groups is 4. The van der Waals surface area contributed by atoms with Crippen LogP contribution in [0.3, 0.4) is 0 Å². The second-order valence-corrected chi connectivity index (χ2v) is 6.14. The summed E-state index contributed by atoms with van der Waals surface area (Å²) in [5.74, 6) is -1.95. The molecule has 1 saturated heterocycles. The summed E-state index contributed by atoms with van der Waals surface area (Å²) in [6.07, 6.45) is 2.82. The summed E-state index contributed by atoms with van der Waals surface area (Å²) >= 11 is 0. The third kappa shape index (κ3) is 17.0. The van der Waals surface area contributed by atoms with Gasteiger partial charge < -0.3 is 29.9 Å². The first-order valence-electron chi connectivity index (χ1n) is 8.19. The van der Waals surface area contributed by atoms with Gasteiger partial charge in [-0.05, 0) is 6.42 Å². The van der Waals surface area contributed by atoms with Crippen molar-refractivity contribution in [2.45, 2.75) is 46.1 Å². The highest BCUT2D eigenvalue weighted by Crippen LogP contribution is 2.10. The number of hydrogen-bond acceptors (Lipinski definition) is 10. The number of cyclic esters (lactones) is 4. The maximum absolute atomic E-state index is 10.0. The van der Waals surface area contributed by atoms with Crippen molar-refractivity contribution in [2.24, 2.45) is 5.41 Å². The van der Waals surface area contributed by atoms with Crippen molar-refractivity contribution >= 4 is 23.9 Å². The predicted octanol–water partition coefficient (Wildman–Crippen LogP) is -0.777. The van der Waals surface area contributed by atoms with Crippen LogP contribution in [-0.4, -0.2) is 70.2 Å². The summed E-state index contributed by atoms with van der Waals surface area (Å²) in [7, 11) is 0. The molecular weight excluding hydrogens is 364 g/mol. The third-order valence-electron chi connectivity index (χ3n) is 2.86. The van der Waals surface area contributed by atoms with Gasteiger partial charge in [-0.15, -0.1) is 0 Å². The van der Waals surface area contributed by atoms with Gasteiger partial charge in [0.15, 0.2) is 0 Å². The van der Waals surface area contributed by atoms with Crippen molar-refractivity contribution in [1.82, 2.24) is 0 Å². The summed E-state index contributed by atoms with van der Waals surface area (Å²) in [5, 5.41) is 33.4. The number of ether oxygens (including phenoxy) is 2. The lowest BCUT2D eigenvalue weighted by Gasteiger charge is -2.16. The van der Waals surface area contributed by atoms with Crippen molar-refractivity contribution in [1.29, 1.82) is 0 Å². The molecule has 0 spiro atoms. The third-order valence-corrected chi connectivity index (χ3v) is 2.86. The minimum absolute atomic E-state index is 0.0451. The Balaban J connectivity index is 0. The summed E-state index contributed by atoms with van der Waals surface area (Å²) in [4.78, 5) is 39.9. The van der Waals surface area contributed by atoms with Crippen LogP contribution in [0.15, 0.2) is 12.2 Å². The zero-order chi connectivity index (χ0) is 21.5. The Hall–Kier alpha value is -2.14. The van der Waals surface area contributed by atoms with Crippen LogP contribution >= 0.6 is 0 Å². The zero-order valence-corrected chi connectivity index (χ0v) is 15.7. The molecule has 0 aromatic rings. The second kappa shape index (κ2) is 15.0. The molecule has 0 aromatic carbocycles. The van der Waals surface area contributed by atoms with Gasteiger partial charge in [0.05, 0.1) is 38.8 Å². The van der Waals surface area contributed by atoms with Crippen molar-refractivity contribution in [3.05, 3.63) is 12.2 Å². The van der Waals surface area contributed by atoms with E-state index in [0.717, 1.165) is 12.2 Å². The molecule has 4 N–H and O–H groups in total. The van der Waals surface area contributed by atoms with E-state index in [1.54, 1.807) is 13.8 Å². The summed E-state index contributed by atoms with van der Waals surface area (Å²) in [6.45, 7) is 5.39. The number of hydrogen-bond donors (Lipinski definition) is 4. The normalized spacial score (nSPS) is 16.1. The summed E-state index contributed by atoms with van der Waals surface area (Å²) < 4.78 is 8.06. The monoisotopic (exact) mass is 392 g/mol. The lowest BCUT2D eigenvalue weighted by molar-refractivity contribution is -0.153. The predicted molar refractivity (Wildman–Crippen MR) is 91.9 cm³/mol. The molecule has 2 heterocycles. The van der Waals surface area contributed by atoms with Crippen LogP contribution in [0.1, 0.15) is 40.0 Å². The molecule has 27 heavy (non-hydrogen) atoms. The van der Waals surface area contributed by atoms with Crippen LogP contribution < -0.4 is 0 Å². The molecule has 1 unspecified atom stereocenters. The standard InChI is InChI=1S/C5H12O2.C4H4O3.C4H2O3.C4H10O2/c1-5(2,3-6)4-7;2*5-3-1-2-4(6)7-3;1-2-4(6)3-5/h6-7H,3-4H2,1-2H3;1-2H2;1-2H;4-6H,2-3H2,1H3. The van der Waals surface area contributed by atoms with Gasteiger partial charge in [-0.1, -0.05) is 20.8 Å². The van der Waals surface area contributed by atoms with Gasteiger partial charge in [0.25, 0.3) is 0 Å². The van der Waals surface area contributed by atoms with E-state index in [4.69, 9.17) is 20.4 Å². The van der Waals surface area contributed by atoms with Gasteiger partial charge in [0, 0.05) is 17.6 Å². The fraction of sp³-hybridized carbons (Fsp3) is 0.647. The number of aliphatic hydroxyl groups excluding tert-OH is 4. The van der Waals surface area contributed by atoms with E-state index in [2.05, 4.69) is 9.47 Å². The Morgan fingerprint density at radius 2 is 1.33 bits per heavy atom. The smallest absolute Gasteiger partial charge is 0.338 e. The van der Waals surface area contributed by atoms with E-state index in [9.17, 15) is 19.2 Å². The lowest BCUT2D eigenvalue weighted by atomic mass is 9.97. The first kappa shape index (κ1) is 27.1. The average Bonchev–Trinajstić information content (AvgIpc) is 3.21. The molecule has 0 radical (unpaired) electrons. The second-order valence-electron chi connectivity index (χ2n) is 6.14. The van der Waals surface area contributed by atoms with Gasteiger partial charge in [-0.3, -0.25) is 9.59 Å². The molecule has 1 fully saturated rings. The van der Waals surface area contributed by atoms with E-state index in [1.807, 2.05) is 6.92 Å². The molecule has 156 valence electrons. The Bertz CT molecular complexity index is 470. The van der Waals surface area contributed by atoms with Crippen LogP contribution in [0.4, 0.5) is 0 Å². The first-order chi connectivity index (χ1) is 12.5. The summed E-state index contributed by atoms with van der Waals surface area (Å²) in [6, 6.07) is 0. The van der Waals surface area contributed by atoms with E-state index >= 15 is 0 Å². The number of esters is 4. The highest BCUT2D eigenvalue weighted by molar-refractivity contribution is 6.04. The zero-order valence-electron chi connectivity index (χ0n) is 15.7. The van der Waals surface area contributed by atoms with Crippen LogP contribution in [0.25, 0.3) is 0 Å². The number of rotatable bonds is 4. The van der Waals surface area contributed by atoms with Crippen LogP contribution in [0.2, 0.25) is 0 Å². The fourth-order valence-corrected chi connectivity index (χ4v) is 0.916. The van der Waals surface area contributed by atoms with Gasteiger partial charge in [-0.25, -0.2) is 9.59 Å². The Morgan fingerprint density at radius 1 is 0.926 bits per heavy atom. The molecule has 0 saturated carbocycles. The van der Waals surface area contributed by atoms with Gasteiger partial charge in [0.1, 0.15) is 0 Å². The van der Waals surface area contributed by atoms with Crippen LogP contribution in [0, 0.1) is 5.41 Å². The fourth-order valence-electron chi connectivity index (χ4n) is 0.916. The molecule has 10 heteroatoms. The number of aliphatic hydroxyl groups is 4. The molecule has 10 nitrogen and oxygen atoms in total. The topological polar surface area (TPSA) is 168 Å². The highest BCUT2D eigenvalue weighted by Gasteiger charge is 2.19. The highest BCUT2D eigenvalue weighted by atomic mass is 16.6. The van der Waals surface area contributed by atoms with Crippen molar-refractivity contribution < 1.29 is 49.1 Å². The van der Waals surface area contributed by atoms with Crippen molar-refractivity contribution in [2.75, 3.05) is 19.8 Å². The minimum atomic E-state index is -0.579. The quantitative estimate of drug-likeness (QED) is 0.352. The molecule has 0 aromatic heterocycles. The molecule has 1 atom stereocenters.